The molecule has 6 nitrogen and oxygen atoms in total. The van der Waals surface area contributed by atoms with Gasteiger partial charge in [0.1, 0.15) is 0 Å². The molecule has 0 aromatic heterocycles. The Hall–Kier alpha value is -1.85. The molecule has 0 spiro atoms. The van der Waals surface area contributed by atoms with Gasteiger partial charge in [-0.25, -0.2) is 4.79 Å². The molecule has 0 radical (unpaired) electrons. The number of rotatable bonds is 5. The summed E-state index contributed by atoms with van der Waals surface area (Å²) < 4.78 is 4.86. The van der Waals surface area contributed by atoms with Crippen molar-refractivity contribution in [2.24, 2.45) is 22.8 Å². The number of esters is 1. The molecule has 2 amide bonds. The van der Waals surface area contributed by atoms with Crippen LogP contribution >= 0.6 is 0 Å². The lowest BCUT2D eigenvalue weighted by Gasteiger charge is -2.40. The van der Waals surface area contributed by atoms with E-state index >= 15 is 0 Å². The molecule has 4 N–H and O–H groups in total. The number of carbonyl (C=O) groups is 3. The van der Waals surface area contributed by atoms with Gasteiger partial charge in [0.05, 0.1) is 17.9 Å². The SMILES string of the molecule is C=C(C(=O)OCC)C1(C(N)=O)CCCCC1C(N)=O. The van der Waals surface area contributed by atoms with E-state index in [1.165, 1.54) is 0 Å². The molecular weight excluding hydrogens is 248 g/mol. The second-order valence-corrected chi connectivity index (χ2v) is 4.74. The van der Waals surface area contributed by atoms with Gasteiger partial charge in [-0.1, -0.05) is 19.4 Å². The van der Waals surface area contributed by atoms with Crippen molar-refractivity contribution in [3.63, 3.8) is 0 Å². The molecule has 1 aliphatic rings. The zero-order valence-corrected chi connectivity index (χ0v) is 11.1. The summed E-state index contributed by atoms with van der Waals surface area (Å²) in [5, 5.41) is 0. The number of hydrogen-bond acceptors (Lipinski definition) is 4. The fourth-order valence-electron chi connectivity index (χ4n) is 2.76. The summed E-state index contributed by atoms with van der Waals surface area (Å²) >= 11 is 0. The predicted molar refractivity (Wildman–Crippen MR) is 68.6 cm³/mol. The molecule has 1 rings (SSSR count). The van der Waals surface area contributed by atoms with Crippen LogP contribution in [0.25, 0.3) is 0 Å². The van der Waals surface area contributed by atoms with E-state index in [2.05, 4.69) is 6.58 Å². The van der Waals surface area contributed by atoms with Crippen LogP contribution < -0.4 is 11.5 Å². The van der Waals surface area contributed by atoms with Gasteiger partial charge in [-0.15, -0.1) is 0 Å². The lowest BCUT2D eigenvalue weighted by Crippen LogP contribution is -2.52. The average Bonchev–Trinajstić information content (AvgIpc) is 2.37. The van der Waals surface area contributed by atoms with Gasteiger partial charge in [0.2, 0.25) is 11.8 Å². The number of ether oxygens (including phenoxy) is 1. The number of carbonyl (C=O) groups excluding carboxylic acids is 3. The molecule has 6 heteroatoms. The third-order valence-corrected chi connectivity index (χ3v) is 3.75. The van der Waals surface area contributed by atoms with Gasteiger partial charge in [0.25, 0.3) is 0 Å². The molecule has 2 unspecified atom stereocenters. The third kappa shape index (κ3) is 2.62. The van der Waals surface area contributed by atoms with Crippen LogP contribution in [-0.2, 0) is 19.1 Å². The Balaban J connectivity index is 3.21. The van der Waals surface area contributed by atoms with E-state index in [0.29, 0.717) is 19.3 Å². The first-order chi connectivity index (χ1) is 8.87. The van der Waals surface area contributed by atoms with E-state index in [1.54, 1.807) is 6.92 Å². The highest BCUT2D eigenvalue weighted by Gasteiger charge is 2.52. The van der Waals surface area contributed by atoms with Crippen LogP contribution in [0.15, 0.2) is 12.2 Å². The van der Waals surface area contributed by atoms with E-state index in [1.807, 2.05) is 0 Å². The van der Waals surface area contributed by atoms with E-state index in [4.69, 9.17) is 16.2 Å². The largest absolute Gasteiger partial charge is 0.463 e. The third-order valence-electron chi connectivity index (χ3n) is 3.75. The molecule has 19 heavy (non-hydrogen) atoms. The van der Waals surface area contributed by atoms with E-state index < -0.39 is 29.1 Å². The second kappa shape index (κ2) is 5.86. The van der Waals surface area contributed by atoms with Crippen LogP contribution in [0.2, 0.25) is 0 Å². The molecule has 0 aliphatic heterocycles. The number of primary amides is 2. The Kier molecular flexibility index (Phi) is 4.69. The fraction of sp³-hybridized carbons (Fsp3) is 0.615. The highest BCUT2D eigenvalue weighted by atomic mass is 16.5. The van der Waals surface area contributed by atoms with Crippen LogP contribution in [0.4, 0.5) is 0 Å². The summed E-state index contributed by atoms with van der Waals surface area (Å²) in [6.07, 6.45) is 2.17. The van der Waals surface area contributed by atoms with Crippen molar-refractivity contribution in [3.05, 3.63) is 12.2 Å². The minimum absolute atomic E-state index is 0.0645. The molecule has 0 bridgehead atoms. The molecule has 0 aromatic carbocycles. The van der Waals surface area contributed by atoms with E-state index in [9.17, 15) is 14.4 Å². The maximum atomic E-state index is 11.9. The average molecular weight is 268 g/mol. The van der Waals surface area contributed by atoms with Gasteiger partial charge in [-0.3, -0.25) is 9.59 Å². The van der Waals surface area contributed by atoms with E-state index in [-0.39, 0.29) is 12.2 Å². The number of nitrogens with two attached hydrogens (primary N) is 2. The van der Waals surface area contributed by atoms with E-state index in [0.717, 1.165) is 6.42 Å². The minimum Gasteiger partial charge on any atom is -0.463 e. The summed E-state index contributed by atoms with van der Waals surface area (Å²) in [6, 6.07) is 0. The first-order valence-corrected chi connectivity index (χ1v) is 6.33. The van der Waals surface area contributed by atoms with Crippen molar-refractivity contribution >= 4 is 17.8 Å². The van der Waals surface area contributed by atoms with Crippen LogP contribution in [-0.4, -0.2) is 24.4 Å². The second-order valence-electron chi connectivity index (χ2n) is 4.74. The first-order valence-electron chi connectivity index (χ1n) is 6.33. The van der Waals surface area contributed by atoms with Gasteiger partial charge in [0.15, 0.2) is 0 Å². The zero-order chi connectivity index (χ0) is 14.6. The molecular formula is C13H20N2O4. The smallest absolute Gasteiger partial charge is 0.334 e. The lowest BCUT2D eigenvalue weighted by atomic mass is 9.61. The van der Waals surface area contributed by atoms with Gasteiger partial charge < -0.3 is 16.2 Å². The normalized spacial score (nSPS) is 26.5. The van der Waals surface area contributed by atoms with Gasteiger partial charge in [-0.05, 0) is 19.8 Å². The summed E-state index contributed by atoms with van der Waals surface area (Å²) in [7, 11) is 0. The van der Waals surface area contributed by atoms with Crippen molar-refractivity contribution in [1.29, 1.82) is 0 Å². The quantitative estimate of drug-likeness (QED) is 0.549. The first kappa shape index (κ1) is 15.2. The van der Waals surface area contributed by atoms with Gasteiger partial charge >= 0.3 is 5.97 Å². The molecule has 106 valence electrons. The zero-order valence-electron chi connectivity index (χ0n) is 11.1. The number of hydrogen-bond donors (Lipinski definition) is 2. The molecule has 1 fully saturated rings. The van der Waals surface area contributed by atoms with Crippen LogP contribution in [0.5, 0.6) is 0 Å². The van der Waals surface area contributed by atoms with Crippen LogP contribution in [0.1, 0.15) is 32.6 Å². The summed E-state index contributed by atoms with van der Waals surface area (Å²) in [6.45, 7) is 5.45. The Morgan fingerprint density at radius 3 is 2.42 bits per heavy atom. The Labute approximate surface area is 112 Å². The Bertz CT molecular complexity index is 419. The monoisotopic (exact) mass is 268 g/mol. The van der Waals surface area contributed by atoms with Crippen molar-refractivity contribution in [1.82, 2.24) is 0 Å². The minimum atomic E-state index is -1.41. The lowest BCUT2D eigenvalue weighted by molar-refractivity contribution is -0.147. The number of amides is 2. The molecule has 0 saturated heterocycles. The van der Waals surface area contributed by atoms with Gasteiger partial charge in [0, 0.05) is 5.57 Å². The Morgan fingerprint density at radius 2 is 1.95 bits per heavy atom. The van der Waals surface area contributed by atoms with Crippen molar-refractivity contribution in [2.45, 2.75) is 32.6 Å². The maximum absolute atomic E-state index is 11.9. The molecule has 1 aliphatic carbocycles. The predicted octanol–water partition coefficient (Wildman–Crippen LogP) is 0.253. The van der Waals surface area contributed by atoms with Crippen LogP contribution in [0.3, 0.4) is 0 Å². The molecule has 1 saturated carbocycles. The summed E-state index contributed by atoms with van der Waals surface area (Å²) in [4.78, 5) is 35.3. The topological polar surface area (TPSA) is 112 Å². The molecule has 0 heterocycles. The summed E-state index contributed by atoms with van der Waals surface area (Å²) in [5.41, 5.74) is 9.33. The Morgan fingerprint density at radius 1 is 1.32 bits per heavy atom. The van der Waals surface area contributed by atoms with Crippen molar-refractivity contribution in [3.8, 4) is 0 Å². The standard InChI is InChI=1S/C13H20N2O4/c1-3-19-11(17)8(2)13(12(15)18)7-5-4-6-9(13)10(14)16/h9H,2-7H2,1H3,(H2,14,16)(H2,15,18). The van der Waals surface area contributed by atoms with Crippen molar-refractivity contribution in [2.75, 3.05) is 6.61 Å². The molecule has 0 aromatic rings. The highest BCUT2D eigenvalue weighted by Crippen LogP contribution is 2.46. The van der Waals surface area contributed by atoms with Crippen LogP contribution in [0, 0.1) is 11.3 Å². The maximum Gasteiger partial charge on any atom is 0.334 e. The fourth-order valence-corrected chi connectivity index (χ4v) is 2.76. The van der Waals surface area contributed by atoms with Crippen molar-refractivity contribution < 1.29 is 19.1 Å². The highest BCUT2D eigenvalue weighted by molar-refractivity contribution is 6.02. The summed E-state index contributed by atoms with van der Waals surface area (Å²) in [5.74, 6) is -2.87. The molecule has 2 atom stereocenters. The van der Waals surface area contributed by atoms with Gasteiger partial charge in [-0.2, -0.15) is 0 Å².